The molecule has 7 heteroatoms. The number of aryl methyl sites for hydroxylation is 2. The molecule has 1 aromatic carbocycles. The summed E-state index contributed by atoms with van der Waals surface area (Å²) in [6, 6.07) is 8.30. The van der Waals surface area contributed by atoms with Crippen LogP contribution in [0, 0.1) is 12.8 Å². The van der Waals surface area contributed by atoms with Crippen LogP contribution in [0.3, 0.4) is 0 Å². The van der Waals surface area contributed by atoms with Crippen molar-refractivity contribution in [1.82, 2.24) is 20.2 Å². The van der Waals surface area contributed by atoms with Crippen molar-refractivity contribution in [3.8, 4) is 0 Å². The molecule has 1 aliphatic rings. The molecule has 0 atom stereocenters. The van der Waals surface area contributed by atoms with Gasteiger partial charge in [-0.3, -0.25) is 4.99 Å². The largest absolute Gasteiger partial charge is 0.381 e. The van der Waals surface area contributed by atoms with Crippen LogP contribution in [0.4, 0.5) is 0 Å². The number of nitrogens with zero attached hydrogens (tertiary/aromatic N) is 3. The molecule has 0 spiro atoms. The van der Waals surface area contributed by atoms with E-state index in [1.807, 2.05) is 13.1 Å². The standard InChI is InChI=1S/C20H31N5O.HI/c1-16-24-18-7-3-4-8-19(18)25(16)13-5-11-22-20(21-2)23-12-6-14-26-15-17-9-10-17;/h3-4,7-8,17H,5-6,9-15H2,1-2H3,(H2,21,22,23);1H. The van der Waals surface area contributed by atoms with Gasteiger partial charge in [0.1, 0.15) is 5.82 Å². The van der Waals surface area contributed by atoms with Gasteiger partial charge < -0.3 is 19.9 Å². The van der Waals surface area contributed by atoms with Crippen molar-refractivity contribution < 1.29 is 4.74 Å². The van der Waals surface area contributed by atoms with Gasteiger partial charge in [-0.15, -0.1) is 24.0 Å². The summed E-state index contributed by atoms with van der Waals surface area (Å²) in [4.78, 5) is 8.90. The van der Waals surface area contributed by atoms with E-state index < -0.39 is 0 Å². The number of benzene rings is 1. The molecule has 0 saturated heterocycles. The van der Waals surface area contributed by atoms with E-state index in [0.29, 0.717) is 0 Å². The number of ether oxygens (including phenoxy) is 1. The molecule has 0 radical (unpaired) electrons. The second-order valence-corrected chi connectivity index (χ2v) is 6.95. The van der Waals surface area contributed by atoms with Crippen LogP contribution in [0.5, 0.6) is 0 Å². The summed E-state index contributed by atoms with van der Waals surface area (Å²) >= 11 is 0. The van der Waals surface area contributed by atoms with Crippen LogP contribution < -0.4 is 10.6 Å². The number of aliphatic imine (C=N–C) groups is 1. The van der Waals surface area contributed by atoms with Crippen molar-refractivity contribution >= 4 is 41.0 Å². The van der Waals surface area contributed by atoms with Crippen LogP contribution in [0.15, 0.2) is 29.3 Å². The number of halogens is 1. The second kappa shape index (κ2) is 11.5. The van der Waals surface area contributed by atoms with E-state index in [1.54, 1.807) is 0 Å². The molecular formula is C20H32IN5O. The number of fused-ring (bicyclic) bond motifs is 1. The fourth-order valence-corrected chi connectivity index (χ4v) is 3.06. The molecule has 2 aromatic rings. The van der Waals surface area contributed by atoms with Crippen molar-refractivity contribution in [2.24, 2.45) is 10.9 Å². The number of nitrogens with one attached hydrogen (secondary N) is 2. The first kappa shape index (κ1) is 21.9. The molecule has 1 aliphatic carbocycles. The molecule has 0 aliphatic heterocycles. The maximum atomic E-state index is 5.65. The lowest BCUT2D eigenvalue weighted by atomic mass is 10.3. The first-order valence-electron chi connectivity index (χ1n) is 9.72. The average molecular weight is 485 g/mol. The topological polar surface area (TPSA) is 63.5 Å². The number of para-hydroxylation sites is 2. The number of rotatable bonds is 10. The Morgan fingerprint density at radius 3 is 2.70 bits per heavy atom. The highest BCUT2D eigenvalue weighted by molar-refractivity contribution is 14.0. The summed E-state index contributed by atoms with van der Waals surface area (Å²) in [6.07, 6.45) is 4.73. The quantitative estimate of drug-likeness (QED) is 0.235. The van der Waals surface area contributed by atoms with E-state index in [9.17, 15) is 0 Å². The number of hydrogen-bond donors (Lipinski definition) is 2. The monoisotopic (exact) mass is 485 g/mol. The predicted octanol–water partition coefficient (Wildman–Crippen LogP) is 3.33. The third-order valence-electron chi connectivity index (χ3n) is 4.73. The Balaban J connectivity index is 0.00000261. The molecule has 0 amide bonds. The molecule has 3 rings (SSSR count). The third kappa shape index (κ3) is 6.95. The molecule has 0 unspecified atom stereocenters. The van der Waals surface area contributed by atoms with Gasteiger partial charge in [0.05, 0.1) is 11.0 Å². The number of imidazole rings is 1. The Morgan fingerprint density at radius 1 is 1.22 bits per heavy atom. The van der Waals surface area contributed by atoms with Crippen LogP contribution in [0.25, 0.3) is 11.0 Å². The minimum Gasteiger partial charge on any atom is -0.381 e. The summed E-state index contributed by atoms with van der Waals surface area (Å²) < 4.78 is 7.93. The Kier molecular flexibility index (Phi) is 9.33. The summed E-state index contributed by atoms with van der Waals surface area (Å²) in [5.41, 5.74) is 2.28. The Morgan fingerprint density at radius 2 is 1.96 bits per heavy atom. The van der Waals surface area contributed by atoms with Gasteiger partial charge in [0.25, 0.3) is 0 Å². The molecule has 1 aromatic heterocycles. The normalized spacial score (nSPS) is 14.2. The first-order chi connectivity index (χ1) is 12.8. The van der Waals surface area contributed by atoms with Crippen LogP contribution in [-0.2, 0) is 11.3 Å². The Labute approximate surface area is 179 Å². The van der Waals surface area contributed by atoms with Gasteiger partial charge in [0.2, 0.25) is 0 Å². The molecule has 1 fully saturated rings. The van der Waals surface area contributed by atoms with Gasteiger partial charge in [-0.2, -0.15) is 0 Å². The van der Waals surface area contributed by atoms with Gasteiger partial charge in [-0.1, -0.05) is 12.1 Å². The summed E-state index contributed by atoms with van der Waals surface area (Å²) in [6.45, 7) is 6.55. The molecule has 1 saturated carbocycles. The summed E-state index contributed by atoms with van der Waals surface area (Å²) in [7, 11) is 1.81. The van der Waals surface area contributed by atoms with Crippen LogP contribution >= 0.6 is 24.0 Å². The van der Waals surface area contributed by atoms with Crippen LogP contribution in [-0.4, -0.2) is 48.9 Å². The van der Waals surface area contributed by atoms with E-state index in [4.69, 9.17) is 4.74 Å². The van der Waals surface area contributed by atoms with Crippen molar-refractivity contribution in [1.29, 1.82) is 0 Å². The van der Waals surface area contributed by atoms with E-state index in [-0.39, 0.29) is 24.0 Å². The van der Waals surface area contributed by atoms with E-state index in [1.165, 1.54) is 18.4 Å². The Hall–Kier alpha value is -1.35. The zero-order valence-corrected chi connectivity index (χ0v) is 18.7. The minimum absolute atomic E-state index is 0. The molecule has 150 valence electrons. The molecule has 0 bridgehead atoms. The fourth-order valence-electron chi connectivity index (χ4n) is 3.06. The lowest BCUT2D eigenvalue weighted by Gasteiger charge is -2.12. The SMILES string of the molecule is CN=C(NCCCOCC1CC1)NCCCn1c(C)nc2ccccc21.I. The van der Waals surface area contributed by atoms with Crippen LogP contribution in [0.2, 0.25) is 0 Å². The Bertz CT molecular complexity index is 726. The molecule has 6 nitrogen and oxygen atoms in total. The van der Waals surface area contributed by atoms with Gasteiger partial charge >= 0.3 is 0 Å². The average Bonchev–Trinajstić information content (AvgIpc) is 3.42. The van der Waals surface area contributed by atoms with E-state index >= 15 is 0 Å². The highest BCUT2D eigenvalue weighted by Gasteiger charge is 2.20. The van der Waals surface area contributed by atoms with Crippen molar-refractivity contribution in [3.63, 3.8) is 0 Å². The van der Waals surface area contributed by atoms with Crippen molar-refractivity contribution in [2.45, 2.75) is 39.2 Å². The van der Waals surface area contributed by atoms with Crippen LogP contribution in [0.1, 0.15) is 31.5 Å². The number of aromatic nitrogens is 2. The van der Waals surface area contributed by atoms with E-state index in [2.05, 4.69) is 50.3 Å². The van der Waals surface area contributed by atoms with Crippen molar-refractivity contribution in [2.75, 3.05) is 33.4 Å². The molecular weight excluding hydrogens is 453 g/mol. The van der Waals surface area contributed by atoms with Gasteiger partial charge in [0, 0.05) is 39.9 Å². The fraction of sp³-hybridized carbons (Fsp3) is 0.600. The summed E-state index contributed by atoms with van der Waals surface area (Å²) in [5.74, 6) is 2.77. The highest BCUT2D eigenvalue weighted by atomic mass is 127. The van der Waals surface area contributed by atoms with E-state index in [0.717, 1.165) is 68.9 Å². The number of hydrogen-bond acceptors (Lipinski definition) is 3. The lowest BCUT2D eigenvalue weighted by Crippen LogP contribution is -2.38. The summed E-state index contributed by atoms with van der Waals surface area (Å²) in [5, 5.41) is 6.73. The minimum atomic E-state index is 0. The van der Waals surface area contributed by atoms with Gasteiger partial charge in [-0.05, 0) is 50.7 Å². The zero-order valence-electron chi connectivity index (χ0n) is 16.4. The molecule has 1 heterocycles. The predicted molar refractivity (Wildman–Crippen MR) is 122 cm³/mol. The van der Waals surface area contributed by atoms with Gasteiger partial charge in [0.15, 0.2) is 5.96 Å². The first-order valence-corrected chi connectivity index (χ1v) is 9.72. The lowest BCUT2D eigenvalue weighted by molar-refractivity contribution is 0.123. The maximum absolute atomic E-state index is 5.65. The highest BCUT2D eigenvalue weighted by Crippen LogP contribution is 2.28. The number of guanidine groups is 1. The van der Waals surface area contributed by atoms with Crippen molar-refractivity contribution in [3.05, 3.63) is 30.1 Å². The third-order valence-corrected chi connectivity index (χ3v) is 4.73. The maximum Gasteiger partial charge on any atom is 0.190 e. The molecule has 27 heavy (non-hydrogen) atoms. The zero-order chi connectivity index (χ0) is 18.2. The van der Waals surface area contributed by atoms with Gasteiger partial charge in [-0.25, -0.2) is 4.98 Å². The molecule has 2 N–H and O–H groups in total. The smallest absolute Gasteiger partial charge is 0.190 e. The second-order valence-electron chi connectivity index (χ2n) is 6.95.